The topological polar surface area (TPSA) is 31.5 Å². The number of hydrogen-bond donors (Lipinski definition) is 1. The Bertz CT molecular complexity index is 1160. The second-order valence-electron chi connectivity index (χ2n) is 10.6. The molecule has 1 aromatic heterocycles. The van der Waals surface area contributed by atoms with E-state index in [4.69, 9.17) is 4.74 Å². The van der Waals surface area contributed by atoms with Crippen LogP contribution in [0, 0.1) is 5.82 Å². The number of benzene rings is 2. The van der Waals surface area contributed by atoms with Crippen LogP contribution in [0.2, 0.25) is 0 Å². The largest absolute Gasteiger partial charge is 0.485 e. The Morgan fingerprint density at radius 1 is 1.15 bits per heavy atom. The summed E-state index contributed by atoms with van der Waals surface area (Å²) >= 11 is 0. The Balaban J connectivity index is 1.49. The van der Waals surface area contributed by atoms with Crippen LogP contribution in [0.3, 0.4) is 0 Å². The highest BCUT2D eigenvalue weighted by Gasteiger charge is 2.39. The van der Waals surface area contributed by atoms with Crippen LogP contribution in [0.25, 0.3) is 10.9 Å². The summed E-state index contributed by atoms with van der Waals surface area (Å²) in [5.74, 6) is -0.0650. The van der Waals surface area contributed by atoms with Crippen molar-refractivity contribution in [2.24, 2.45) is 0 Å². The van der Waals surface area contributed by atoms with Crippen molar-refractivity contribution in [2.45, 2.75) is 64.4 Å². The second kappa shape index (κ2) is 8.97. The quantitative estimate of drug-likeness (QED) is 0.472. The zero-order valence-corrected chi connectivity index (χ0v) is 20.6. The Kier molecular flexibility index (Phi) is 6.15. The SMILES string of the molecule is CCCN1CC(Oc2ccc(C3c4[nH]c5ccccc5c4C[C@@H](C)N3CC(C)(C)F)cc2F)C1. The number of aromatic nitrogens is 1. The first kappa shape index (κ1) is 23.3. The fourth-order valence-corrected chi connectivity index (χ4v) is 5.60. The van der Waals surface area contributed by atoms with Gasteiger partial charge >= 0.3 is 0 Å². The van der Waals surface area contributed by atoms with Gasteiger partial charge in [0.15, 0.2) is 11.6 Å². The third kappa shape index (κ3) is 4.46. The Labute approximate surface area is 200 Å². The van der Waals surface area contributed by atoms with Crippen molar-refractivity contribution in [2.75, 3.05) is 26.2 Å². The van der Waals surface area contributed by atoms with Crippen LogP contribution in [0.5, 0.6) is 5.75 Å². The molecule has 182 valence electrons. The number of likely N-dealkylation sites (tertiary alicyclic amines) is 1. The van der Waals surface area contributed by atoms with Crippen molar-refractivity contribution in [3.8, 4) is 5.75 Å². The van der Waals surface area contributed by atoms with Gasteiger partial charge in [-0.3, -0.25) is 9.80 Å². The summed E-state index contributed by atoms with van der Waals surface area (Å²) in [6, 6.07) is 13.4. The lowest BCUT2D eigenvalue weighted by Crippen LogP contribution is -2.53. The van der Waals surface area contributed by atoms with Crippen LogP contribution in [0.1, 0.15) is 57.0 Å². The molecular weight excluding hydrogens is 432 g/mol. The standard InChI is InChI=1S/C28H35F2N3O/c1-5-12-32-15-20(16-32)34-25-11-10-19(14-23(25)29)27-26-22(21-8-6-7-9-24(21)31-26)13-18(2)33(27)17-28(3,4)30/h6-11,14,18,20,27,31H,5,12-13,15-17H2,1-4H3/t18-,27?/m1/s1. The van der Waals surface area contributed by atoms with Crippen molar-refractivity contribution < 1.29 is 13.5 Å². The molecule has 0 bridgehead atoms. The van der Waals surface area contributed by atoms with Gasteiger partial charge in [-0.25, -0.2) is 8.78 Å². The summed E-state index contributed by atoms with van der Waals surface area (Å²) in [6.45, 7) is 10.5. The lowest BCUT2D eigenvalue weighted by atomic mass is 9.87. The number of aromatic amines is 1. The molecule has 0 spiro atoms. The fourth-order valence-electron chi connectivity index (χ4n) is 5.60. The minimum Gasteiger partial charge on any atom is -0.485 e. The van der Waals surface area contributed by atoms with E-state index in [1.807, 2.05) is 18.2 Å². The molecule has 2 aliphatic heterocycles. The molecule has 0 radical (unpaired) electrons. The maximum atomic E-state index is 15.3. The zero-order chi connectivity index (χ0) is 24.0. The Morgan fingerprint density at radius 2 is 1.91 bits per heavy atom. The van der Waals surface area contributed by atoms with E-state index in [2.05, 4.69) is 40.8 Å². The van der Waals surface area contributed by atoms with Gasteiger partial charge in [-0.1, -0.05) is 31.2 Å². The summed E-state index contributed by atoms with van der Waals surface area (Å²) < 4.78 is 36.1. The third-order valence-electron chi connectivity index (χ3n) is 7.10. The molecule has 1 saturated heterocycles. The number of ether oxygens (including phenoxy) is 1. The zero-order valence-electron chi connectivity index (χ0n) is 20.6. The van der Waals surface area contributed by atoms with Crippen LogP contribution in [-0.2, 0) is 6.42 Å². The molecule has 1 unspecified atom stereocenters. The van der Waals surface area contributed by atoms with Crippen LogP contribution < -0.4 is 4.74 Å². The summed E-state index contributed by atoms with van der Waals surface area (Å²) in [7, 11) is 0. The van der Waals surface area contributed by atoms with E-state index in [1.165, 1.54) is 10.9 Å². The fraction of sp³-hybridized carbons (Fsp3) is 0.500. The van der Waals surface area contributed by atoms with E-state index in [9.17, 15) is 4.39 Å². The molecule has 0 saturated carbocycles. The molecule has 4 nitrogen and oxygen atoms in total. The highest BCUT2D eigenvalue weighted by Crippen LogP contribution is 2.42. The minimum atomic E-state index is -1.37. The van der Waals surface area contributed by atoms with Crippen LogP contribution in [0.15, 0.2) is 42.5 Å². The number of rotatable bonds is 7. The summed E-state index contributed by atoms with van der Waals surface area (Å²) in [4.78, 5) is 8.06. The van der Waals surface area contributed by atoms with E-state index in [0.29, 0.717) is 5.75 Å². The number of nitrogens with one attached hydrogen (secondary N) is 1. The maximum Gasteiger partial charge on any atom is 0.165 e. The first-order valence-electron chi connectivity index (χ1n) is 12.5. The molecule has 1 fully saturated rings. The average molecular weight is 468 g/mol. The lowest BCUT2D eigenvalue weighted by molar-refractivity contribution is 0.0178. The molecule has 3 aromatic rings. The van der Waals surface area contributed by atoms with Gasteiger partial charge in [0.2, 0.25) is 0 Å². The monoisotopic (exact) mass is 467 g/mol. The second-order valence-corrected chi connectivity index (χ2v) is 10.6. The molecule has 2 atom stereocenters. The number of nitrogens with zero attached hydrogens (tertiary/aromatic N) is 2. The van der Waals surface area contributed by atoms with Crippen molar-refractivity contribution >= 4 is 10.9 Å². The van der Waals surface area contributed by atoms with Crippen LogP contribution in [-0.4, -0.2) is 58.8 Å². The number of alkyl halides is 1. The smallest absolute Gasteiger partial charge is 0.165 e. The van der Waals surface area contributed by atoms with E-state index >= 15 is 4.39 Å². The molecule has 0 aliphatic carbocycles. The minimum absolute atomic E-state index is 0.0331. The van der Waals surface area contributed by atoms with Gasteiger partial charge in [0.05, 0.1) is 6.04 Å². The highest BCUT2D eigenvalue weighted by atomic mass is 19.1. The molecule has 2 aliphatic rings. The lowest BCUT2D eigenvalue weighted by Gasteiger charge is -2.43. The van der Waals surface area contributed by atoms with Crippen LogP contribution >= 0.6 is 0 Å². The van der Waals surface area contributed by atoms with Gasteiger partial charge in [-0.2, -0.15) is 0 Å². The van der Waals surface area contributed by atoms with E-state index in [0.717, 1.165) is 49.2 Å². The van der Waals surface area contributed by atoms with Gasteiger partial charge in [0.1, 0.15) is 11.8 Å². The van der Waals surface area contributed by atoms with Crippen LogP contribution in [0.4, 0.5) is 8.78 Å². The first-order valence-corrected chi connectivity index (χ1v) is 12.5. The van der Waals surface area contributed by atoms with Crippen molar-refractivity contribution in [1.29, 1.82) is 0 Å². The van der Waals surface area contributed by atoms with Gasteiger partial charge in [-0.15, -0.1) is 0 Å². The highest BCUT2D eigenvalue weighted by molar-refractivity contribution is 5.85. The number of para-hydroxylation sites is 1. The molecule has 5 rings (SSSR count). The molecule has 0 amide bonds. The predicted octanol–water partition coefficient (Wildman–Crippen LogP) is 5.86. The number of hydrogen-bond acceptors (Lipinski definition) is 3. The molecule has 3 heterocycles. The first-order chi connectivity index (χ1) is 16.2. The van der Waals surface area contributed by atoms with E-state index in [-0.39, 0.29) is 30.5 Å². The summed E-state index contributed by atoms with van der Waals surface area (Å²) in [6.07, 6.45) is 1.97. The number of fused-ring (bicyclic) bond motifs is 3. The molecule has 2 aromatic carbocycles. The van der Waals surface area contributed by atoms with E-state index in [1.54, 1.807) is 26.0 Å². The average Bonchev–Trinajstić information content (AvgIpc) is 3.11. The number of halogens is 2. The molecule has 34 heavy (non-hydrogen) atoms. The molecule has 6 heteroatoms. The summed E-state index contributed by atoms with van der Waals surface area (Å²) in [5.41, 5.74) is 2.78. The molecule has 1 N–H and O–H groups in total. The number of H-pyrrole nitrogens is 1. The Hall–Kier alpha value is -2.44. The molecular formula is C28H35F2N3O. The van der Waals surface area contributed by atoms with E-state index < -0.39 is 5.67 Å². The van der Waals surface area contributed by atoms with Gasteiger partial charge in [0, 0.05) is 42.3 Å². The maximum absolute atomic E-state index is 15.3. The normalized spacial score (nSPS) is 22.1. The Morgan fingerprint density at radius 3 is 2.62 bits per heavy atom. The van der Waals surface area contributed by atoms with Gasteiger partial charge in [-0.05, 0) is 69.5 Å². The van der Waals surface area contributed by atoms with Crippen molar-refractivity contribution in [3.05, 3.63) is 65.1 Å². The van der Waals surface area contributed by atoms with Gasteiger partial charge < -0.3 is 9.72 Å². The van der Waals surface area contributed by atoms with Crippen molar-refractivity contribution in [3.63, 3.8) is 0 Å². The summed E-state index contributed by atoms with van der Waals surface area (Å²) in [5, 5.41) is 1.19. The van der Waals surface area contributed by atoms with Crippen molar-refractivity contribution in [1.82, 2.24) is 14.8 Å². The predicted molar refractivity (Wildman–Crippen MR) is 133 cm³/mol. The van der Waals surface area contributed by atoms with Gasteiger partial charge in [0.25, 0.3) is 0 Å². The third-order valence-corrected chi connectivity index (χ3v) is 7.10.